The Kier molecular flexibility index (Phi) is 3.57. The van der Waals surface area contributed by atoms with Crippen molar-refractivity contribution in [2.75, 3.05) is 30.3 Å². The van der Waals surface area contributed by atoms with Gasteiger partial charge in [-0.05, 0) is 44.0 Å². The maximum Gasteiger partial charge on any atom is 0.237 e. The maximum atomic E-state index is 12.1. The summed E-state index contributed by atoms with van der Waals surface area (Å²) in [6, 6.07) is 8.25. The Bertz CT molecular complexity index is 443. The third-order valence-electron chi connectivity index (χ3n) is 3.71. The molecule has 1 fully saturated rings. The minimum atomic E-state index is 0.261. The molecule has 2 heterocycles. The Balaban J connectivity index is 1.79. The van der Waals surface area contributed by atoms with E-state index in [-0.39, 0.29) is 5.91 Å². The highest BCUT2D eigenvalue weighted by atomic mass is 32.2. The number of rotatable bonds is 2. The van der Waals surface area contributed by atoms with Crippen molar-refractivity contribution >= 4 is 23.4 Å². The van der Waals surface area contributed by atoms with E-state index < -0.39 is 0 Å². The highest BCUT2D eigenvalue weighted by Crippen LogP contribution is 2.35. The molecule has 0 unspecified atom stereocenters. The summed E-state index contributed by atoms with van der Waals surface area (Å²) in [4.78, 5) is 15.4. The fraction of sp³-hybridized carbons (Fsp3) is 0.500. The standard InChI is InChI=1S/C14H18N2OS/c17-14-10-18-13-4-2-1-3-12(13)16(14)9-11-5-7-15-8-6-11/h1-4,11,15H,5-10H2. The van der Waals surface area contributed by atoms with Crippen LogP contribution in [0.4, 0.5) is 5.69 Å². The molecule has 0 spiro atoms. The first-order valence-corrected chi connectivity index (χ1v) is 7.56. The molecular weight excluding hydrogens is 244 g/mol. The van der Waals surface area contributed by atoms with E-state index in [9.17, 15) is 4.79 Å². The van der Waals surface area contributed by atoms with Crippen molar-refractivity contribution in [3.05, 3.63) is 24.3 Å². The number of nitrogens with one attached hydrogen (secondary N) is 1. The summed E-state index contributed by atoms with van der Waals surface area (Å²) in [5, 5.41) is 3.37. The van der Waals surface area contributed by atoms with Gasteiger partial charge >= 0.3 is 0 Å². The molecule has 4 heteroatoms. The molecule has 1 aromatic carbocycles. The van der Waals surface area contributed by atoms with E-state index in [0.29, 0.717) is 11.7 Å². The Morgan fingerprint density at radius 1 is 1.28 bits per heavy atom. The van der Waals surface area contributed by atoms with Gasteiger partial charge in [-0.25, -0.2) is 0 Å². The van der Waals surface area contributed by atoms with Crippen molar-refractivity contribution in [1.82, 2.24) is 5.32 Å². The first-order valence-electron chi connectivity index (χ1n) is 6.57. The molecule has 96 valence electrons. The average molecular weight is 262 g/mol. The lowest BCUT2D eigenvalue weighted by Gasteiger charge is -2.33. The molecule has 1 amide bonds. The van der Waals surface area contributed by atoms with Crippen LogP contribution in [-0.4, -0.2) is 31.3 Å². The summed E-state index contributed by atoms with van der Waals surface area (Å²) in [5.41, 5.74) is 1.11. The van der Waals surface area contributed by atoms with Crippen molar-refractivity contribution in [2.45, 2.75) is 17.7 Å². The van der Waals surface area contributed by atoms with Crippen LogP contribution in [0.1, 0.15) is 12.8 Å². The minimum absolute atomic E-state index is 0.261. The summed E-state index contributed by atoms with van der Waals surface area (Å²) in [5.74, 6) is 1.49. The highest BCUT2D eigenvalue weighted by molar-refractivity contribution is 8.00. The number of amides is 1. The zero-order valence-corrected chi connectivity index (χ0v) is 11.2. The van der Waals surface area contributed by atoms with Gasteiger partial charge in [-0.1, -0.05) is 12.1 Å². The van der Waals surface area contributed by atoms with Crippen molar-refractivity contribution in [2.24, 2.45) is 5.92 Å². The quantitative estimate of drug-likeness (QED) is 0.886. The molecule has 18 heavy (non-hydrogen) atoms. The van der Waals surface area contributed by atoms with E-state index in [1.807, 2.05) is 17.0 Å². The number of para-hydroxylation sites is 1. The van der Waals surface area contributed by atoms with Crippen molar-refractivity contribution < 1.29 is 4.79 Å². The van der Waals surface area contributed by atoms with Gasteiger partial charge in [0, 0.05) is 11.4 Å². The lowest BCUT2D eigenvalue weighted by molar-refractivity contribution is -0.116. The molecule has 0 aliphatic carbocycles. The third-order valence-corrected chi connectivity index (χ3v) is 4.76. The molecule has 3 nitrogen and oxygen atoms in total. The van der Waals surface area contributed by atoms with Crippen LogP contribution in [0.15, 0.2) is 29.2 Å². The lowest BCUT2D eigenvalue weighted by atomic mass is 9.97. The Hall–Kier alpha value is -1.00. The van der Waals surface area contributed by atoms with E-state index in [1.54, 1.807) is 11.8 Å². The van der Waals surface area contributed by atoms with Gasteiger partial charge in [0.05, 0.1) is 11.4 Å². The summed E-state index contributed by atoms with van der Waals surface area (Å²) < 4.78 is 0. The average Bonchev–Trinajstić information content (AvgIpc) is 2.43. The highest BCUT2D eigenvalue weighted by Gasteiger charge is 2.27. The van der Waals surface area contributed by atoms with Gasteiger partial charge in [0.15, 0.2) is 0 Å². The van der Waals surface area contributed by atoms with Gasteiger partial charge < -0.3 is 10.2 Å². The van der Waals surface area contributed by atoms with Crippen LogP contribution >= 0.6 is 11.8 Å². The molecule has 2 aliphatic rings. The lowest BCUT2D eigenvalue weighted by Crippen LogP contribution is -2.41. The smallest absolute Gasteiger partial charge is 0.237 e. The summed E-state index contributed by atoms with van der Waals surface area (Å²) in [6.45, 7) is 3.06. The van der Waals surface area contributed by atoms with Crippen LogP contribution < -0.4 is 10.2 Å². The molecule has 0 atom stereocenters. The van der Waals surface area contributed by atoms with Crippen molar-refractivity contribution in [3.63, 3.8) is 0 Å². The molecule has 0 saturated carbocycles. The molecule has 0 aromatic heterocycles. The van der Waals surface area contributed by atoms with E-state index in [4.69, 9.17) is 0 Å². The van der Waals surface area contributed by atoms with Crippen LogP contribution in [0, 0.1) is 5.92 Å². The van der Waals surface area contributed by atoms with E-state index in [0.717, 1.165) is 25.3 Å². The monoisotopic (exact) mass is 262 g/mol. The van der Waals surface area contributed by atoms with E-state index >= 15 is 0 Å². The van der Waals surface area contributed by atoms with E-state index in [2.05, 4.69) is 17.4 Å². The van der Waals surface area contributed by atoms with Gasteiger partial charge in [-0.15, -0.1) is 11.8 Å². The molecule has 2 aliphatic heterocycles. The first kappa shape index (κ1) is 12.1. The van der Waals surface area contributed by atoms with Gasteiger partial charge in [0.1, 0.15) is 0 Å². The second-order valence-electron chi connectivity index (χ2n) is 4.95. The summed E-state index contributed by atoms with van der Waals surface area (Å²) in [7, 11) is 0. The van der Waals surface area contributed by atoms with Crippen LogP contribution in [0.5, 0.6) is 0 Å². The molecule has 1 saturated heterocycles. The van der Waals surface area contributed by atoms with Crippen molar-refractivity contribution in [1.29, 1.82) is 0 Å². The number of nitrogens with zero attached hydrogens (tertiary/aromatic N) is 1. The second kappa shape index (κ2) is 5.33. The summed E-state index contributed by atoms with van der Waals surface area (Å²) in [6.07, 6.45) is 2.36. The topological polar surface area (TPSA) is 32.3 Å². The first-order chi connectivity index (χ1) is 8.84. The predicted molar refractivity (Wildman–Crippen MR) is 75.1 cm³/mol. The Morgan fingerprint density at radius 3 is 2.89 bits per heavy atom. The third kappa shape index (κ3) is 2.40. The van der Waals surface area contributed by atoms with Gasteiger partial charge in [-0.3, -0.25) is 4.79 Å². The Labute approximate surface area is 112 Å². The summed E-state index contributed by atoms with van der Waals surface area (Å²) >= 11 is 1.66. The minimum Gasteiger partial charge on any atom is -0.317 e. The van der Waals surface area contributed by atoms with Crippen LogP contribution in [-0.2, 0) is 4.79 Å². The number of carbonyl (C=O) groups is 1. The van der Waals surface area contributed by atoms with Gasteiger partial charge in [0.2, 0.25) is 5.91 Å². The molecule has 0 bridgehead atoms. The number of fused-ring (bicyclic) bond motifs is 1. The molecule has 1 N–H and O–H groups in total. The Morgan fingerprint density at radius 2 is 2.06 bits per heavy atom. The fourth-order valence-electron chi connectivity index (χ4n) is 2.68. The van der Waals surface area contributed by atoms with Crippen LogP contribution in [0.25, 0.3) is 0 Å². The SMILES string of the molecule is O=C1CSc2ccccc2N1CC1CCNCC1. The zero-order chi connectivity index (χ0) is 12.4. The molecule has 3 rings (SSSR count). The molecule has 1 aromatic rings. The number of benzene rings is 1. The zero-order valence-electron chi connectivity index (χ0n) is 10.4. The number of carbonyl (C=O) groups excluding carboxylic acids is 1. The number of hydrogen-bond acceptors (Lipinski definition) is 3. The molecular formula is C14H18N2OS. The largest absolute Gasteiger partial charge is 0.317 e. The van der Waals surface area contributed by atoms with Gasteiger partial charge in [-0.2, -0.15) is 0 Å². The number of thioether (sulfide) groups is 1. The van der Waals surface area contributed by atoms with E-state index in [1.165, 1.54) is 17.7 Å². The molecule has 0 radical (unpaired) electrons. The number of hydrogen-bond donors (Lipinski definition) is 1. The predicted octanol–water partition coefficient (Wildman–Crippen LogP) is 2.12. The number of anilines is 1. The fourth-order valence-corrected chi connectivity index (χ4v) is 3.61. The van der Waals surface area contributed by atoms with Crippen LogP contribution in [0.2, 0.25) is 0 Å². The maximum absolute atomic E-state index is 12.1. The second-order valence-corrected chi connectivity index (χ2v) is 5.97. The normalized spacial score (nSPS) is 20.9. The van der Waals surface area contributed by atoms with Crippen LogP contribution in [0.3, 0.4) is 0 Å². The number of piperidine rings is 1. The van der Waals surface area contributed by atoms with Crippen molar-refractivity contribution in [3.8, 4) is 0 Å². The van der Waals surface area contributed by atoms with Gasteiger partial charge in [0.25, 0.3) is 0 Å².